The molecular weight excluding hydrogens is 357 g/mol. The molecule has 3 rings (SSSR count). The summed E-state index contributed by atoms with van der Waals surface area (Å²) in [6.45, 7) is 11.4. The van der Waals surface area contributed by atoms with E-state index in [4.69, 9.17) is 9.31 Å². The van der Waals surface area contributed by atoms with Gasteiger partial charge in [-0.1, -0.05) is 75.1 Å². The van der Waals surface area contributed by atoms with Crippen molar-refractivity contribution in [3.63, 3.8) is 0 Å². The van der Waals surface area contributed by atoms with Gasteiger partial charge in [-0.3, -0.25) is 10.1 Å². The van der Waals surface area contributed by atoms with Gasteiger partial charge >= 0.3 is 7.12 Å². The molecule has 1 aliphatic heterocycles. The van der Waals surface area contributed by atoms with Gasteiger partial charge in [-0.2, -0.15) is 0 Å². The zero-order valence-corrected chi connectivity index (χ0v) is 17.6. The first-order valence-electron chi connectivity index (χ1n) is 9.20. The maximum atomic E-state index is 11.5. The molecule has 27 heavy (non-hydrogen) atoms. The van der Waals surface area contributed by atoms with Gasteiger partial charge in [0.05, 0.1) is 24.7 Å². The molecule has 0 amide bonds. The number of rotatable bonds is 4. The molecule has 5 nitrogen and oxygen atoms in total. The van der Waals surface area contributed by atoms with Gasteiger partial charge < -0.3 is 9.31 Å². The summed E-state index contributed by atoms with van der Waals surface area (Å²) in [5, 5.41) is 12.9. The van der Waals surface area contributed by atoms with Crippen molar-refractivity contribution in [1.82, 2.24) is 0 Å². The summed E-state index contributed by atoms with van der Waals surface area (Å²) in [6, 6.07) is 15.2. The lowest BCUT2D eigenvalue weighted by molar-refractivity contribution is -0.386. The molecule has 0 aliphatic carbocycles. The van der Waals surface area contributed by atoms with E-state index in [1.165, 1.54) is 11.3 Å². The van der Waals surface area contributed by atoms with E-state index in [-0.39, 0.29) is 16.0 Å². The fourth-order valence-corrected chi connectivity index (χ4v) is 4.56. The van der Waals surface area contributed by atoms with Crippen molar-refractivity contribution in [3.8, 4) is 0 Å². The Hall–Kier alpha value is -1.96. The summed E-state index contributed by atoms with van der Waals surface area (Å²) >= 11 is 0. The monoisotopic (exact) mass is 383 g/mol. The maximum Gasteiger partial charge on any atom is 0.494 e. The molecule has 0 saturated carbocycles. The molecule has 2 aromatic carbocycles. The second kappa shape index (κ2) is 7.22. The van der Waals surface area contributed by atoms with Crippen LogP contribution >= 0.6 is 0 Å². The largest absolute Gasteiger partial charge is 0.494 e. The maximum absolute atomic E-state index is 11.5. The lowest BCUT2D eigenvalue weighted by atomic mass is 9.72. The van der Waals surface area contributed by atoms with Gasteiger partial charge in [0.1, 0.15) is 0 Å². The Morgan fingerprint density at radius 3 is 2.33 bits per heavy atom. The van der Waals surface area contributed by atoms with Crippen LogP contribution in [0.25, 0.3) is 0 Å². The van der Waals surface area contributed by atoms with E-state index in [1.807, 2.05) is 32.0 Å². The van der Waals surface area contributed by atoms with E-state index < -0.39 is 21.3 Å². The highest BCUT2D eigenvalue weighted by Gasteiger charge is 2.44. The van der Waals surface area contributed by atoms with E-state index in [1.54, 1.807) is 12.1 Å². The van der Waals surface area contributed by atoms with Gasteiger partial charge in [-0.25, -0.2) is 0 Å². The number of hydrogen-bond acceptors (Lipinski definition) is 4. The van der Waals surface area contributed by atoms with Crippen LogP contribution in [0, 0.1) is 15.5 Å². The molecular formula is C20H26BNO4Si. The molecule has 0 N–H and O–H groups in total. The molecule has 1 fully saturated rings. The van der Waals surface area contributed by atoms with Crippen molar-refractivity contribution >= 4 is 31.5 Å². The van der Waals surface area contributed by atoms with E-state index in [2.05, 4.69) is 31.8 Å². The van der Waals surface area contributed by atoms with E-state index in [0.717, 1.165) is 5.46 Å². The molecule has 0 aromatic heterocycles. The molecule has 7 heteroatoms. The van der Waals surface area contributed by atoms with Gasteiger partial charge in [0.25, 0.3) is 5.69 Å². The van der Waals surface area contributed by atoms with Crippen LogP contribution in [0.5, 0.6) is 0 Å². The Bertz CT molecular complexity index is 833. The van der Waals surface area contributed by atoms with Crippen LogP contribution in [-0.2, 0) is 9.31 Å². The number of nitro groups is 1. The van der Waals surface area contributed by atoms with Gasteiger partial charge in [0.2, 0.25) is 0 Å². The lowest BCUT2D eigenvalue weighted by Gasteiger charge is -2.41. The first-order valence-corrected chi connectivity index (χ1v) is 12.7. The zero-order chi connectivity index (χ0) is 19.8. The van der Waals surface area contributed by atoms with Crippen LogP contribution in [0.1, 0.15) is 25.5 Å². The van der Waals surface area contributed by atoms with Gasteiger partial charge in [0, 0.05) is 18.1 Å². The molecule has 0 radical (unpaired) electrons. The number of nitrogens with zero attached hydrogens (tertiary/aromatic N) is 1. The van der Waals surface area contributed by atoms with Crippen LogP contribution in [0.2, 0.25) is 19.6 Å². The summed E-state index contributed by atoms with van der Waals surface area (Å²) in [7, 11) is -1.90. The Labute approximate surface area is 162 Å². The summed E-state index contributed by atoms with van der Waals surface area (Å²) in [4.78, 5) is 11.1. The lowest BCUT2D eigenvalue weighted by Crippen LogP contribution is -2.49. The third kappa shape index (κ3) is 4.15. The number of benzene rings is 2. The molecule has 1 saturated heterocycles. The first kappa shape index (κ1) is 19.8. The van der Waals surface area contributed by atoms with Crippen LogP contribution in [-0.4, -0.2) is 26.7 Å². The molecule has 1 unspecified atom stereocenters. The summed E-state index contributed by atoms with van der Waals surface area (Å²) in [5.74, 6) is 0. The SMILES string of the molecule is CC1(C)COB(c2ccc([Si](C)(C)C)cc2)OC1c1ccccc1[N+](=O)[O-]. The Morgan fingerprint density at radius 2 is 1.74 bits per heavy atom. The quantitative estimate of drug-likeness (QED) is 0.459. The predicted octanol–water partition coefficient (Wildman–Crippen LogP) is 3.65. The second-order valence-electron chi connectivity index (χ2n) is 8.84. The normalized spacial score (nSPS) is 19.7. The zero-order valence-electron chi connectivity index (χ0n) is 16.6. The van der Waals surface area contributed by atoms with Crippen molar-refractivity contribution in [3.05, 3.63) is 64.2 Å². The number of para-hydroxylation sites is 1. The van der Waals surface area contributed by atoms with Crippen molar-refractivity contribution < 1.29 is 14.2 Å². The Balaban J connectivity index is 1.91. The van der Waals surface area contributed by atoms with Crippen molar-refractivity contribution in [2.75, 3.05) is 6.61 Å². The smallest absolute Gasteiger partial charge is 0.407 e. The number of hydrogen-bond donors (Lipinski definition) is 0. The van der Waals surface area contributed by atoms with E-state index in [0.29, 0.717) is 12.2 Å². The van der Waals surface area contributed by atoms with Gasteiger partial charge in [-0.15, -0.1) is 0 Å². The third-order valence-corrected chi connectivity index (χ3v) is 7.11. The molecule has 1 atom stereocenters. The summed E-state index contributed by atoms with van der Waals surface area (Å²) in [5.41, 5.74) is 1.25. The standard InChI is InChI=1S/C20H26BNO4Si/c1-20(2)14-25-21(15-10-12-16(13-11-15)27(3,4)5)26-19(20)17-8-6-7-9-18(17)22(23)24/h6-13,19H,14H2,1-5H3. The van der Waals surface area contributed by atoms with Crippen molar-refractivity contribution in [2.45, 2.75) is 39.6 Å². The molecule has 1 aliphatic rings. The van der Waals surface area contributed by atoms with Gasteiger partial charge in [0.15, 0.2) is 0 Å². The molecule has 2 aromatic rings. The molecule has 142 valence electrons. The minimum atomic E-state index is -1.37. The third-order valence-electron chi connectivity index (χ3n) is 5.04. The minimum Gasteiger partial charge on any atom is -0.407 e. The fourth-order valence-electron chi connectivity index (χ4n) is 3.40. The van der Waals surface area contributed by atoms with Gasteiger partial charge in [-0.05, 0) is 11.5 Å². The highest BCUT2D eigenvalue weighted by atomic mass is 28.3. The summed E-state index contributed by atoms with van der Waals surface area (Å²) < 4.78 is 12.3. The second-order valence-corrected chi connectivity index (χ2v) is 13.9. The molecule has 1 heterocycles. The Morgan fingerprint density at radius 1 is 1.11 bits per heavy atom. The van der Waals surface area contributed by atoms with E-state index >= 15 is 0 Å². The summed E-state index contributed by atoms with van der Waals surface area (Å²) in [6.07, 6.45) is -0.422. The average Bonchev–Trinajstić information content (AvgIpc) is 2.61. The average molecular weight is 383 g/mol. The Kier molecular flexibility index (Phi) is 5.29. The van der Waals surface area contributed by atoms with Crippen molar-refractivity contribution in [1.29, 1.82) is 0 Å². The molecule has 0 spiro atoms. The van der Waals surface area contributed by atoms with Crippen LogP contribution in [0.3, 0.4) is 0 Å². The number of nitro benzene ring substituents is 1. The van der Waals surface area contributed by atoms with E-state index in [9.17, 15) is 10.1 Å². The van der Waals surface area contributed by atoms with Crippen LogP contribution in [0.4, 0.5) is 5.69 Å². The minimum absolute atomic E-state index is 0.0882. The predicted molar refractivity (Wildman–Crippen MR) is 111 cm³/mol. The first-order chi connectivity index (χ1) is 12.6. The van der Waals surface area contributed by atoms with Crippen LogP contribution in [0.15, 0.2) is 48.5 Å². The van der Waals surface area contributed by atoms with Crippen LogP contribution < -0.4 is 10.6 Å². The fraction of sp³-hybridized carbons (Fsp3) is 0.400. The highest BCUT2D eigenvalue weighted by molar-refractivity contribution is 6.88. The highest BCUT2D eigenvalue weighted by Crippen LogP contribution is 2.43. The topological polar surface area (TPSA) is 61.6 Å². The van der Waals surface area contributed by atoms with Crippen molar-refractivity contribution in [2.24, 2.45) is 5.41 Å². The molecule has 0 bridgehead atoms.